The quantitative estimate of drug-likeness (QED) is 0.888. The van der Waals surface area contributed by atoms with Gasteiger partial charge in [0.2, 0.25) is 5.95 Å². The van der Waals surface area contributed by atoms with Crippen molar-refractivity contribution >= 4 is 5.95 Å². The van der Waals surface area contributed by atoms with Crippen LogP contribution in [0.25, 0.3) is 0 Å². The van der Waals surface area contributed by atoms with E-state index in [1.54, 1.807) is 0 Å². The summed E-state index contributed by atoms with van der Waals surface area (Å²) in [5.41, 5.74) is 2.41. The molecule has 0 radical (unpaired) electrons. The van der Waals surface area contributed by atoms with Crippen LogP contribution < -0.4 is 10.2 Å². The Morgan fingerprint density at radius 1 is 1.32 bits per heavy atom. The Kier molecular flexibility index (Phi) is 4.16. The van der Waals surface area contributed by atoms with Gasteiger partial charge >= 0.3 is 0 Å². The third kappa shape index (κ3) is 3.12. The van der Waals surface area contributed by atoms with Crippen LogP contribution in [0.4, 0.5) is 5.95 Å². The minimum atomic E-state index is 0.292. The van der Waals surface area contributed by atoms with E-state index >= 15 is 0 Å². The van der Waals surface area contributed by atoms with Crippen molar-refractivity contribution in [3.63, 3.8) is 0 Å². The summed E-state index contributed by atoms with van der Waals surface area (Å²) >= 11 is 0. The molecule has 2 aromatic rings. The molecule has 0 aliphatic carbocycles. The molecule has 102 valence electrons. The molecular formula is C14H21N5. The predicted molar refractivity (Wildman–Crippen MR) is 77.0 cm³/mol. The molecule has 1 N–H and O–H groups in total. The molecule has 2 heterocycles. The fraction of sp³-hybridized carbons (Fsp3) is 0.429. The molecule has 0 aliphatic rings. The monoisotopic (exact) mass is 259 g/mol. The summed E-state index contributed by atoms with van der Waals surface area (Å²) in [6.07, 6.45) is 5.56. The summed E-state index contributed by atoms with van der Waals surface area (Å²) in [6.45, 7) is 2.94. The fourth-order valence-corrected chi connectivity index (χ4v) is 2.04. The van der Waals surface area contributed by atoms with Gasteiger partial charge in [-0.15, -0.1) is 0 Å². The van der Waals surface area contributed by atoms with Crippen molar-refractivity contribution in [2.75, 3.05) is 19.0 Å². The van der Waals surface area contributed by atoms with E-state index < -0.39 is 0 Å². The van der Waals surface area contributed by atoms with Gasteiger partial charge < -0.3 is 14.8 Å². The maximum absolute atomic E-state index is 4.40. The highest BCUT2D eigenvalue weighted by Gasteiger charge is 2.09. The number of anilines is 1. The number of hydrogen-bond donors (Lipinski definition) is 1. The third-order valence-electron chi connectivity index (χ3n) is 3.26. The first-order valence-corrected chi connectivity index (χ1v) is 6.41. The molecule has 0 aliphatic heterocycles. The highest BCUT2D eigenvalue weighted by molar-refractivity contribution is 5.31. The van der Waals surface area contributed by atoms with Gasteiger partial charge in [0.05, 0.1) is 11.9 Å². The van der Waals surface area contributed by atoms with E-state index in [0.29, 0.717) is 6.04 Å². The van der Waals surface area contributed by atoms with Gasteiger partial charge in [-0.3, -0.25) is 4.98 Å². The average Bonchev–Trinajstić information content (AvgIpc) is 2.78. The second-order valence-electron chi connectivity index (χ2n) is 4.89. The molecule has 5 heteroatoms. The SMILES string of the molecule is C[C@@H](NCc1cnc(N(C)C)n1C)c1ccncc1. The number of nitrogens with zero attached hydrogens (tertiary/aromatic N) is 4. The highest BCUT2D eigenvalue weighted by Crippen LogP contribution is 2.14. The van der Waals surface area contributed by atoms with Gasteiger partial charge in [0.15, 0.2) is 0 Å². The van der Waals surface area contributed by atoms with E-state index in [2.05, 4.69) is 26.8 Å². The van der Waals surface area contributed by atoms with E-state index in [4.69, 9.17) is 0 Å². The first kappa shape index (κ1) is 13.5. The molecule has 0 bridgehead atoms. The van der Waals surface area contributed by atoms with Crippen molar-refractivity contribution in [1.29, 1.82) is 0 Å². The standard InChI is InChI=1S/C14H21N5/c1-11(12-5-7-15-8-6-12)16-9-13-10-17-14(18(2)3)19(13)4/h5-8,10-11,16H,9H2,1-4H3/t11-/m1/s1. The second-order valence-corrected chi connectivity index (χ2v) is 4.89. The molecular weight excluding hydrogens is 238 g/mol. The van der Waals surface area contributed by atoms with E-state index in [9.17, 15) is 0 Å². The summed E-state index contributed by atoms with van der Waals surface area (Å²) < 4.78 is 2.10. The van der Waals surface area contributed by atoms with Crippen LogP contribution in [-0.4, -0.2) is 28.6 Å². The van der Waals surface area contributed by atoms with Crippen molar-refractivity contribution in [1.82, 2.24) is 19.9 Å². The van der Waals surface area contributed by atoms with E-state index in [0.717, 1.165) is 12.5 Å². The van der Waals surface area contributed by atoms with Crippen LogP contribution in [-0.2, 0) is 13.6 Å². The zero-order chi connectivity index (χ0) is 13.8. The first-order valence-electron chi connectivity index (χ1n) is 6.41. The zero-order valence-electron chi connectivity index (χ0n) is 12.0. The summed E-state index contributed by atoms with van der Waals surface area (Å²) in [6, 6.07) is 4.36. The van der Waals surface area contributed by atoms with Crippen LogP contribution in [0.2, 0.25) is 0 Å². The molecule has 0 spiro atoms. The van der Waals surface area contributed by atoms with Gasteiger partial charge in [0.1, 0.15) is 0 Å². The van der Waals surface area contributed by atoms with Crippen LogP contribution in [0, 0.1) is 0 Å². The normalized spacial score (nSPS) is 12.4. The van der Waals surface area contributed by atoms with E-state index in [1.165, 1.54) is 11.3 Å². The second kappa shape index (κ2) is 5.84. The molecule has 1 atom stereocenters. The summed E-state index contributed by atoms with van der Waals surface area (Å²) in [5.74, 6) is 0.966. The number of pyridine rings is 1. The van der Waals surface area contributed by atoms with Gasteiger partial charge in [-0.05, 0) is 24.6 Å². The Morgan fingerprint density at radius 2 is 2.00 bits per heavy atom. The Labute approximate surface area is 114 Å². The van der Waals surface area contributed by atoms with Crippen LogP contribution in [0.5, 0.6) is 0 Å². The van der Waals surface area contributed by atoms with Crippen LogP contribution in [0.15, 0.2) is 30.7 Å². The minimum absolute atomic E-state index is 0.292. The van der Waals surface area contributed by atoms with Crippen LogP contribution >= 0.6 is 0 Å². The number of aromatic nitrogens is 3. The lowest BCUT2D eigenvalue weighted by Gasteiger charge is -2.16. The van der Waals surface area contributed by atoms with Gasteiger partial charge in [0.25, 0.3) is 0 Å². The molecule has 2 aromatic heterocycles. The van der Waals surface area contributed by atoms with Gasteiger partial charge in [-0.2, -0.15) is 0 Å². The average molecular weight is 259 g/mol. The van der Waals surface area contributed by atoms with E-state index in [1.807, 2.05) is 56.8 Å². The molecule has 5 nitrogen and oxygen atoms in total. The number of rotatable bonds is 5. The lowest BCUT2D eigenvalue weighted by molar-refractivity contribution is 0.557. The van der Waals surface area contributed by atoms with Crippen LogP contribution in [0.1, 0.15) is 24.2 Å². The maximum atomic E-state index is 4.40. The number of hydrogen-bond acceptors (Lipinski definition) is 4. The Bertz CT molecular complexity index is 518. The molecule has 2 rings (SSSR count). The maximum Gasteiger partial charge on any atom is 0.204 e. The Balaban J connectivity index is 1.99. The summed E-state index contributed by atoms with van der Waals surface area (Å²) in [7, 11) is 6.04. The van der Waals surface area contributed by atoms with Crippen molar-refractivity contribution in [2.24, 2.45) is 7.05 Å². The topological polar surface area (TPSA) is 46.0 Å². The molecule has 0 saturated heterocycles. The Morgan fingerprint density at radius 3 is 2.58 bits per heavy atom. The van der Waals surface area contributed by atoms with Gasteiger partial charge in [0, 0.05) is 46.1 Å². The van der Waals surface area contributed by atoms with Gasteiger partial charge in [-0.1, -0.05) is 0 Å². The predicted octanol–water partition coefficient (Wildman–Crippen LogP) is 1.73. The molecule has 0 aromatic carbocycles. The first-order chi connectivity index (χ1) is 9.09. The smallest absolute Gasteiger partial charge is 0.204 e. The zero-order valence-corrected chi connectivity index (χ0v) is 12.0. The molecule has 0 amide bonds. The summed E-state index contributed by atoms with van der Waals surface area (Å²) in [5, 5.41) is 3.50. The lowest BCUT2D eigenvalue weighted by Crippen LogP contribution is -2.20. The highest BCUT2D eigenvalue weighted by atomic mass is 15.3. The van der Waals surface area contributed by atoms with Crippen molar-refractivity contribution < 1.29 is 0 Å². The minimum Gasteiger partial charge on any atom is -0.348 e. The molecule has 19 heavy (non-hydrogen) atoms. The van der Waals surface area contributed by atoms with Crippen molar-refractivity contribution in [2.45, 2.75) is 19.5 Å². The number of nitrogens with one attached hydrogen (secondary N) is 1. The van der Waals surface area contributed by atoms with Gasteiger partial charge in [-0.25, -0.2) is 4.98 Å². The molecule has 0 saturated carbocycles. The number of imidazole rings is 1. The Hall–Kier alpha value is -1.88. The lowest BCUT2D eigenvalue weighted by atomic mass is 10.1. The summed E-state index contributed by atoms with van der Waals surface area (Å²) in [4.78, 5) is 10.5. The van der Waals surface area contributed by atoms with Crippen molar-refractivity contribution in [3.05, 3.63) is 42.0 Å². The molecule has 0 unspecified atom stereocenters. The molecule has 0 fully saturated rings. The van der Waals surface area contributed by atoms with Crippen LogP contribution in [0.3, 0.4) is 0 Å². The third-order valence-corrected chi connectivity index (χ3v) is 3.26. The fourth-order valence-electron chi connectivity index (χ4n) is 2.04. The van der Waals surface area contributed by atoms with Crippen molar-refractivity contribution in [3.8, 4) is 0 Å². The van der Waals surface area contributed by atoms with E-state index in [-0.39, 0.29) is 0 Å². The largest absolute Gasteiger partial charge is 0.348 e.